The fourth-order valence-electron chi connectivity index (χ4n) is 1.67. The second-order valence-electron chi connectivity index (χ2n) is 4.98. The van der Waals surface area contributed by atoms with Gasteiger partial charge in [-0.1, -0.05) is 38.5 Å². The van der Waals surface area contributed by atoms with Crippen LogP contribution in [0.3, 0.4) is 0 Å². The summed E-state index contributed by atoms with van der Waals surface area (Å²) in [5, 5.41) is 2.75. The molecule has 4 nitrogen and oxygen atoms in total. The van der Waals surface area contributed by atoms with Crippen molar-refractivity contribution >= 4 is 10.1 Å². The summed E-state index contributed by atoms with van der Waals surface area (Å²) in [5.74, 6) is -0.210. The Bertz CT molecular complexity index is 319. The highest BCUT2D eigenvalue weighted by atomic mass is 32.2. The Hall–Kier alpha value is -0.340. The maximum Gasteiger partial charge on any atom is 0.389 e. The number of rotatable bonds is 10. The molecule has 0 heterocycles. The molecule has 0 aromatic heterocycles. The molecule has 0 bridgehead atoms. The fraction of sp³-hybridized carbons (Fsp3) is 1.00. The van der Waals surface area contributed by atoms with Gasteiger partial charge in [0.15, 0.2) is 0 Å². The molecule has 0 unspecified atom stereocenters. The van der Waals surface area contributed by atoms with Gasteiger partial charge in [0.05, 0.1) is 5.75 Å². The molecule has 0 radical (unpaired) electrons. The summed E-state index contributed by atoms with van der Waals surface area (Å²) in [6.07, 6.45) is 0.605. The highest BCUT2D eigenvalue weighted by molar-refractivity contribution is 7.85. The van der Waals surface area contributed by atoms with Gasteiger partial charge in [-0.3, -0.25) is 4.55 Å². The molecule has 0 spiro atoms. The summed E-state index contributed by atoms with van der Waals surface area (Å²) in [6, 6.07) is 0. The van der Waals surface area contributed by atoms with Crippen molar-refractivity contribution in [3.8, 4) is 0 Å². The average molecular weight is 335 g/mol. The molecule has 21 heavy (non-hydrogen) atoms. The zero-order valence-electron chi connectivity index (χ0n) is 12.9. The predicted molar refractivity (Wildman–Crippen MR) is 79.0 cm³/mol. The van der Waals surface area contributed by atoms with E-state index in [9.17, 15) is 21.6 Å². The van der Waals surface area contributed by atoms with Crippen LogP contribution in [0, 0.1) is 0 Å². The predicted octanol–water partition coefficient (Wildman–Crippen LogP) is 3.78. The lowest BCUT2D eigenvalue weighted by atomic mass is 10.1. The van der Waals surface area contributed by atoms with Crippen molar-refractivity contribution < 1.29 is 26.1 Å². The Balaban J connectivity index is 0. The summed E-state index contributed by atoms with van der Waals surface area (Å²) in [7, 11) is -0.0994. The van der Waals surface area contributed by atoms with Gasteiger partial charge >= 0.3 is 6.18 Å². The lowest BCUT2D eigenvalue weighted by Gasteiger charge is -2.05. The van der Waals surface area contributed by atoms with Gasteiger partial charge in [0.1, 0.15) is 0 Å². The van der Waals surface area contributed by atoms with Crippen molar-refractivity contribution in [2.75, 3.05) is 19.8 Å². The maximum atomic E-state index is 11.8. The van der Waals surface area contributed by atoms with Gasteiger partial charge < -0.3 is 5.32 Å². The lowest BCUT2D eigenvalue weighted by Crippen LogP contribution is -2.06. The Morgan fingerprint density at radius 1 is 0.857 bits per heavy atom. The number of hydrogen-bond acceptors (Lipinski definition) is 3. The second-order valence-corrected chi connectivity index (χ2v) is 6.55. The smallest absolute Gasteiger partial charge is 0.323 e. The van der Waals surface area contributed by atoms with Crippen molar-refractivity contribution in [2.45, 2.75) is 64.0 Å². The van der Waals surface area contributed by atoms with E-state index in [0.717, 1.165) is 32.1 Å². The van der Waals surface area contributed by atoms with Crippen LogP contribution in [0.15, 0.2) is 0 Å². The third-order valence-electron chi connectivity index (χ3n) is 2.61. The maximum absolute atomic E-state index is 11.8. The van der Waals surface area contributed by atoms with Gasteiger partial charge in [0.2, 0.25) is 0 Å². The average Bonchev–Trinajstić information content (AvgIpc) is 2.30. The van der Waals surface area contributed by atoms with Gasteiger partial charge in [0, 0.05) is 6.42 Å². The molecule has 2 N–H and O–H groups in total. The first-order valence-electron chi connectivity index (χ1n) is 7.23. The van der Waals surface area contributed by atoms with Crippen LogP contribution in [0.25, 0.3) is 0 Å². The Labute approximate surface area is 126 Å². The fourth-order valence-corrected chi connectivity index (χ4v) is 2.24. The quantitative estimate of drug-likeness (QED) is 0.471. The summed E-state index contributed by atoms with van der Waals surface area (Å²) in [5.41, 5.74) is 0. The molecule has 0 saturated heterocycles. The molecule has 8 heteroatoms. The highest BCUT2D eigenvalue weighted by Crippen LogP contribution is 2.23. The van der Waals surface area contributed by atoms with Crippen molar-refractivity contribution in [3.05, 3.63) is 0 Å². The van der Waals surface area contributed by atoms with E-state index >= 15 is 0 Å². The standard InChI is InChI=1S/C11H21F3O3S.C2H7N/c12-11(13,14)9-7-5-3-1-2-4-6-8-10-18(15,16)17;1-3-2/h1-10H2,(H,15,16,17);3H,1-2H3. The van der Waals surface area contributed by atoms with Gasteiger partial charge in [-0.15, -0.1) is 0 Å². The Morgan fingerprint density at radius 3 is 1.52 bits per heavy atom. The molecule has 0 saturated carbocycles. The molecule has 0 aliphatic carbocycles. The molecule has 0 amide bonds. The third-order valence-corrected chi connectivity index (χ3v) is 3.42. The van der Waals surface area contributed by atoms with Gasteiger partial charge in [-0.2, -0.15) is 21.6 Å². The summed E-state index contributed by atoms with van der Waals surface area (Å²) >= 11 is 0. The number of halogens is 3. The minimum absolute atomic E-state index is 0.187. The number of nitrogens with one attached hydrogen (secondary N) is 1. The van der Waals surface area contributed by atoms with Crippen LogP contribution >= 0.6 is 0 Å². The van der Waals surface area contributed by atoms with Crippen LogP contribution in [-0.2, 0) is 10.1 Å². The first kappa shape index (κ1) is 22.9. The van der Waals surface area contributed by atoms with E-state index in [-0.39, 0.29) is 12.2 Å². The summed E-state index contributed by atoms with van der Waals surface area (Å²) in [6.45, 7) is 0. The Morgan fingerprint density at radius 2 is 1.19 bits per heavy atom. The van der Waals surface area contributed by atoms with Crippen molar-refractivity contribution in [1.82, 2.24) is 5.32 Å². The van der Waals surface area contributed by atoms with Crippen LogP contribution < -0.4 is 5.32 Å². The third kappa shape index (κ3) is 28.5. The molecular formula is C13H28F3NO3S. The van der Waals surface area contributed by atoms with E-state index in [0.29, 0.717) is 12.8 Å². The van der Waals surface area contributed by atoms with Crippen LogP contribution in [0.2, 0.25) is 0 Å². The molecule has 0 aliphatic rings. The van der Waals surface area contributed by atoms with E-state index < -0.39 is 22.7 Å². The summed E-state index contributed by atoms with van der Waals surface area (Å²) in [4.78, 5) is 0. The minimum atomic E-state index is -4.05. The van der Waals surface area contributed by atoms with Crippen molar-refractivity contribution in [3.63, 3.8) is 0 Å². The molecular weight excluding hydrogens is 307 g/mol. The number of unbranched alkanes of at least 4 members (excludes halogenated alkanes) is 7. The van der Waals surface area contributed by atoms with Crippen LogP contribution in [0.4, 0.5) is 13.2 Å². The second kappa shape index (κ2) is 13.3. The largest absolute Gasteiger partial charge is 0.389 e. The lowest BCUT2D eigenvalue weighted by molar-refractivity contribution is -0.135. The van der Waals surface area contributed by atoms with Crippen molar-refractivity contribution in [1.29, 1.82) is 0 Å². The molecule has 0 atom stereocenters. The molecule has 0 aromatic carbocycles. The monoisotopic (exact) mass is 335 g/mol. The summed E-state index contributed by atoms with van der Waals surface area (Å²) < 4.78 is 64.6. The van der Waals surface area contributed by atoms with E-state index in [1.54, 1.807) is 0 Å². The highest BCUT2D eigenvalue weighted by Gasteiger charge is 2.25. The van der Waals surface area contributed by atoms with Crippen LogP contribution in [0.5, 0.6) is 0 Å². The van der Waals surface area contributed by atoms with Gasteiger partial charge in [-0.05, 0) is 26.9 Å². The van der Waals surface area contributed by atoms with E-state index in [1.165, 1.54) is 0 Å². The van der Waals surface area contributed by atoms with Crippen LogP contribution in [-0.4, -0.2) is 39.0 Å². The molecule has 130 valence electrons. The first-order valence-corrected chi connectivity index (χ1v) is 8.83. The SMILES string of the molecule is CNC.O=S(=O)(O)CCCCCCCCCCC(F)(F)F. The van der Waals surface area contributed by atoms with E-state index in [2.05, 4.69) is 5.32 Å². The minimum Gasteiger partial charge on any atom is -0.323 e. The number of hydrogen-bond donors (Lipinski definition) is 2. The van der Waals surface area contributed by atoms with Crippen molar-refractivity contribution in [2.24, 2.45) is 0 Å². The molecule has 0 rings (SSSR count). The normalized spacial score (nSPS) is 11.9. The van der Waals surface area contributed by atoms with Gasteiger partial charge in [0.25, 0.3) is 10.1 Å². The molecule has 0 fully saturated rings. The van der Waals surface area contributed by atoms with Gasteiger partial charge in [-0.25, -0.2) is 0 Å². The number of alkyl halides is 3. The van der Waals surface area contributed by atoms with E-state index in [4.69, 9.17) is 4.55 Å². The molecule has 0 aromatic rings. The zero-order chi connectivity index (χ0) is 16.8. The first-order chi connectivity index (χ1) is 9.62. The zero-order valence-corrected chi connectivity index (χ0v) is 13.7. The van der Waals surface area contributed by atoms with Crippen LogP contribution in [0.1, 0.15) is 57.8 Å². The topological polar surface area (TPSA) is 66.4 Å². The van der Waals surface area contributed by atoms with E-state index in [1.807, 2.05) is 14.1 Å². The molecule has 0 aliphatic heterocycles. The Kier molecular flexibility index (Phi) is 14.6.